The van der Waals surface area contributed by atoms with Gasteiger partial charge in [0.1, 0.15) is 5.82 Å². The van der Waals surface area contributed by atoms with Gasteiger partial charge >= 0.3 is 0 Å². The highest BCUT2D eigenvalue weighted by Gasteiger charge is 2.21. The second-order valence-electron chi connectivity index (χ2n) is 7.56. The van der Waals surface area contributed by atoms with Crippen LogP contribution in [0, 0.1) is 12.7 Å². The van der Waals surface area contributed by atoms with Crippen molar-refractivity contribution in [3.8, 4) is 11.3 Å². The van der Waals surface area contributed by atoms with Gasteiger partial charge in [0.15, 0.2) is 11.7 Å². The van der Waals surface area contributed by atoms with Gasteiger partial charge in [0.05, 0.1) is 19.4 Å². The van der Waals surface area contributed by atoms with Gasteiger partial charge in [0.2, 0.25) is 5.91 Å². The number of ether oxygens (including phenoxy) is 1. The van der Waals surface area contributed by atoms with Crippen LogP contribution in [-0.2, 0) is 16.0 Å². The molecule has 1 aliphatic heterocycles. The van der Waals surface area contributed by atoms with Crippen LogP contribution in [0.25, 0.3) is 11.3 Å². The summed E-state index contributed by atoms with van der Waals surface area (Å²) in [6.45, 7) is 4.01. The molecule has 7 nitrogen and oxygen atoms in total. The second-order valence-corrected chi connectivity index (χ2v) is 7.56. The minimum Gasteiger partial charge on any atom is -0.441 e. The predicted molar refractivity (Wildman–Crippen MR) is 117 cm³/mol. The molecule has 0 radical (unpaired) electrons. The van der Waals surface area contributed by atoms with Crippen LogP contribution in [0.3, 0.4) is 0 Å². The van der Waals surface area contributed by atoms with Crippen molar-refractivity contribution in [2.75, 3.05) is 31.6 Å². The molecule has 1 saturated heterocycles. The molecule has 0 unspecified atom stereocenters. The lowest BCUT2D eigenvalue weighted by atomic mass is 10.0. The molecule has 0 aliphatic carbocycles. The molecular weight excluding hydrogens is 413 g/mol. The SMILES string of the molecule is Cc1c(NC(=O)CCc2ncc(-c3ccc(F)cc3)o2)cccc1C(=O)N1CCOCC1. The fourth-order valence-electron chi connectivity index (χ4n) is 3.55. The molecule has 0 bridgehead atoms. The third-order valence-corrected chi connectivity index (χ3v) is 5.38. The van der Waals surface area contributed by atoms with Crippen LogP contribution in [0.15, 0.2) is 53.1 Å². The third-order valence-electron chi connectivity index (χ3n) is 5.38. The number of oxazole rings is 1. The van der Waals surface area contributed by atoms with Crippen molar-refractivity contribution in [1.82, 2.24) is 9.88 Å². The lowest BCUT2D eigenvalue weighted by Gasteiger charge is -2.27. The van der Waals surface area contributed by atoms with Gasteiger partial charge in [0.25, 0.3) is 5.91 Å². The highest BCUT2D eigenvalue weighted by molar-refractivity contribution is 5.99. The average molecular weight is 437 g/mol. The van der Waals surface area contributed by atoms with Gasteiger partial charge in [-0.3, -0.25) is 9.59 Å². The normalized spacial score (nSPS) is 13.8. The first-order valence-corrected chi connectivity index (χ1v) is 10.5. The van der Waals surface area contributed by atoms with E-state index in [1.807, 2.05) is 6.92 Å². The minimum atomic E-state index is -0.323. The molecule has 1 aromatic heterocycles. The van der Waals surface area contributed by atoms with Crippen molar-refractivity contribution in [2.45, 2.75) is 19.8 Å². The molecule has 1 fully saturated rings. The highest BCUT2D eigenvalue weighted by atomic mass is 19.1. The van der Waals surface area contributed by atoms with Gasteiger partial charge in [0, 0.05) is 42.7 Å². The first kappa shape index (κ1) is 21.7. The maximum absolute atomic E-state index is 13.1. The molecule has 3 aromatic rings. The number of hydrogen-bond donors (Lipinski definition) is 1. The smallest absolute Gasteiger partial charge is 0.254 e. The number of carbonyl (C=O) groups excluding carboxylic acids is 2. The molecular formula is C24H24FN3O4. The number of carbonyl (C=O) groups is 2. The Labute approximate surface area is 185 Å². The van der Waals surface area contributed by atoms with Crippen LogP contribution in [0.4, 0.5) is 10.1 Å². The van der Waals surface area contributed by atoms with Gasteiger partial charge in [-0.15, -0.1) is 0 Å². The number of hydrogen-bond acceptors (Lipinski definition) is 5. The zero-order valence-corrected chi connectivity index (χ0v) is 17.8. The molecule has 2 amide bonds. The molecule has 4 rings (SSSR count). The summed E-state index contributed by atoms with van der Waals surface area (Å²) in [4.78, 5) is 31.3. The summed E-state index contributed by atoms with van der Waals surface area (Å²) in [5.74, 6) is 0.356. The van der Waals surface area contributed by atoms with Crippen molar-refractivity contribution in [3.05, 3.63) is 71.5 Å². The quantitative estimate of drug-likeness (QED) is 0.634. The van der Waals surface area contributed by atoms with E-state index in [0.29, 0.717) is 61.2 Å². The van der Waals surface area contributed by atoms with Gasteiger partial charge in [-0.05, 0) is 48.9 Å². The van der Waals surface area contributed by atoms with Gasteiger partial charge in [-0.1, -0.05) is 6.07 Å². The molecule has 166 valence electrons. The Morgan fingerprint density at radius 3 is 2.62 bits per heavy atom. The Kier molecular flexibility index (Phi) is 6.61. The number of rotatable bonds is 6. The molecule has 8 heteroatoms. The van der Waals surface area contributed by atoms with E-state index < -0.39 is 0 Å². The number of benzene rings is 2. The van der Waals surface area contributed by atoms with E-state index in [-0.39, 0.29) is 24.1 Å². The molecule has 2 heterocycles. The maximum Gasteiger partial charge on any atom is 0.254 e. The monoisotopic (exact) mass is 437 g/mol. The summed E-state index contributed by atoms with van der Waals surface area (Å²) in [5, 5.41) is 2.88. The summed E-state index contributed by atoms with van der Waals surface area (Å²) in [6, 6.07) is 11.2. The number of anilines is 1. The van der Waals surface area contributed by atoms with Crippen molar-refractivity contribution in [1.29, 1.82) is 0 Å². The molecule has 1 N–H and O–H groups in total. The standard InChI is InChI=1S/C24H24FN3O4/c1-16-19(24(30)28-11-13-31-14-12-28)3-2-4-20(16)27-22(29)9-10-23-26-15-21(32-23)17-5-7-18(25)8-6-17/h2-8,15H,9-14H2,1H3,(H,27,29). The fraction of sp³-hybridized carbons (Fsp3) is 0.292. The third kappa shape index (κ3) is 5.03. The topological polar surface area (TPSA) is 84.7 Å². The minimum absolute atomic E-state index is 0.0602. The van der Waals surface area contributed by atoms with Gasteiger partial charge in [-0.2, -0.15) is 0 Å². The summed E-state index contributed by atoms with van der Waals surface area (Å²) in [5.41, 5.74) is 2.62. The number of morpholine rings is 1. The molecule has 32 heavy (non-hydrogen) atoms. The fourth-order valence-corrected chi connectivity index (χ4v) is 3.55. The van der Waals surface area contributed by atoms with E-state index in [9.17, 15) is 14.0 Å². The van der Waals surface area contributed by atoms with E-state index in [0.717, 1.165) is 5.56 Å². The largest absolute Gasteiger partial charge is 0.441 e. The molecule has 1 aliphatic rings. The zero-order chi connectivity index (χ0) is 22.5. The zero-order valence-electron chi connectivity index (χ0n) is 17.8. The molecule has 2 aromatic carbocycles. The average Bonchev–Trinajstić information content (AvgIpc) is 3.29. The molecule has 0 atom stereocenters. The van der Waals surface area contributed by atoms with Crippen molar-refractivity contribution in [3.63, 3.8) is 0 Å². The van der Waals surface area contributed by atoms with E-state index in [4.69, 9.17) is 9.15 Å². The number of halogens is 1. The van der Waals surface area contributed by atoms with Crippen LogP contribution < -0.4 is 5.32 Å². The second kappa shape index (κ2) is 9.74. The Bertz CT molecular complexity index is 1100. The Hall–Kier alpha value is -3.52. The van der Waals surface area contributed by atoms with Crippen LogP contribution in [0.5, 0.6) is 0 Å². The van der Waals surface area contributed by atoms with Crippen LogP contribution in [-0.4, -0.2) is 48.0 Å². The lowest BCUT2D eigenvalue weighted by Crippen LogP contribution is -2.41. The summed E-state index contributed by atoms with van der Waals surface area (Å²) < 4.78 is 24.1. The summed E-state index contributed by atoms with van der Waals surface area (Å²) in [7, 11) is 0. The number of nitrogens with one attached hydrogen (secondary N) is 1. The Morgan fingerprint density at radius 2 is 1.88 bits per heavy atom. The molecule has 0 saturated carbocycles. The van der Waals surface area contributed by atoms with Crippen molar-refractivity contribution < 1.29 is 23.1 Å². The first-order valence-electron chi connectivity index (χ1n) is 10.5. The predicted octanol–water partition coefficient (Wildman–Crippen LogP) is 3.83. The summed E-state index contributed by atoms with van der Waals surface area (Å²) >= 11 is 0. The molecule has 0 spiro atoms. The lowest BCUT2D eigenvalue weighted by molar-refractivity contribution is -0.116. The van der Waals surface area contributed by atoms with Crippen molar-refractivity contribution in [2.24, 2.45) is 0 Å². The van der Waals surface area contributed by atoms with E-state index in [1.165, 1.54) is 12.1 Å². The Morgan fingerprint density at radius 1 is 1.12 bits per heavy atom. The van der Waals surface area contributed by atoms with Gasteiger partial charge < -0.3 is 19.4 Å². The van der Waals surface area contributed by atoms with E-state index >= 15 is 0 Å². The van der Waals surface area contributed by atoms with Crippen LogP contribution in [0.1, 0.15) is 28.2 Å². The number of nitrogens with zero attached hydrogens (tertiary/aromatic N) is 2. The van der Waals surface area contributed by atoms with E-state index in [1.54, 1.807) is 41.4 Å². The van der Waals surface area contributed by atoms with Crippen LogP contribution >= 0.6 is 0 Å². The summed E-state index contributed by atoms with van der Waals surface area (Å²) in [6.07, 6.45) is 2.05. The Balaban J connectivity index is 1.36. The van der Waals surface area contributed by atoms with E-state index in [2.05, 4.69) is 10.3 Å². The van der Waals surface area contributed by atoms with Gasteiger partial charge in [-0.25, -0.2) is 9.37 Å². The van der Waals surface area contributed by atoms with Crippen molar-refractivity contribution >= 4 is 17.5 Å². The maximum atomic E-state index is 13.1. The highest BCUT2D eigenvalue weighted by Crippen LogP contribution is 2.23. The number of amides is 2. The van der Waals surface area contributed by atoms with Crippen LogP contribution in [0.2, 0.25) is 0 Å². The first-order chi connectivity index (χ1) is 15.5. The number of aromatic nitrogens is 1. The number of aryl methyl sites for hydroxylation is 1.